The number of nitrogens with two attached hydrogens (primary N) is 2. The van der Waals surface area contributed by atoms with Crippen molar-refractivity contribution in [1.29, 1.82) is 0 Å². The number of nitrogens with one attached hydrogen (secondary N) is 1. The summed E-state index contributed by atoms with van der Waals surface area (Å²) in [5.74, 6) is -0.611. The minimum Gasteiger partial charge on any atom is -0.389 e. The molecule has 0 radical (unpaired) electrons. The summed E-state index contributed by atoms with van der Waals surface area (Å²) in [4.78, 5) is 14.7. The highest BCUT2D eigenvalue weighted by Crippen LogP contribution is 2.24. The zero-order valence-corrected chi connectivity index (χ0v) is 7.73. The molecule has 0 atom stereocenters. The van der Waals surface area contributed by atoms with Crippen molar-refractivity contribution in [3.8, 4) is 0 Å². The zero-order valence-electron chi connectivity index (χ0n) is 6.91. The quantitative estimate of drug-likeness (QED) is 0.611. The Balaban J connectivity index is 2.82. The largest absolute Gasteiger partial charge is 0.389 e. The second-order valence-corrected chi connectivity index (χ2v) is 3.30. The first-order valence-corrected chi connectivity index (χ1v) is 4.37. The molecule has 0 aromatic carbocycles. The lowest BCUT2D eigenvalue weighted by molar-refractivity contribution is 0.0997. The van der Waals surface area contributed by atoms with Gasteiger partial charge in [0.2, 0.25) is 0 Å². The summed E-state index contributed by atoms with van der Waals surface area (Å²) in [5.41, 5.74) is 10.7. The van der Waals surface area contributed by atoms with Crippen molar-refractivity contribution in [1.82, 2.24) is 4.98 Å². The minimum atomic E-state index is -0.611. The molecule has 0 spiro atoms. The van der Waals surface area contributed by atoms with Crippen molar-refractivity contribution in [3.63, 3.8) is 0 Å². The van der Waals surface area contributed by atoms with Gasteiger partial charge in [-0.3, -0.25) is 4.79 Å². The molecule has 5 nitrogen and oxygen atoms in total. The van der Waals surface area contributed by atoms with Gasteiger partial charge in [0.15, 0.2) is 10.8 Å². The summed E-state index contributed by atoms with van der Waals surface area (Å²) in [6.45, 7) is 4.11. The number of carbonyl (C=O) groups is 1. The summed E-state index contributed by atoms with van der Waals surface area (Å²) >= 11 is 1.19. The van der Waals surface area contributed by atoms with Gasteiger partial charge in [0, 0.05) is 6.54 Å². The molecular formula is C7H10N4OS. The van der Waals surface area contributed by atoms with Gasteiger partial charge in [-0.05, 0) is 0 Å². The van der Waals surface area contributed by atoms with Crippen LogP contribution in [0, 0.1) is 0 Å². The highest BCUT2D eigenvalue weighted by Gasteiger charge is 2.12. The number of amides is 1. The lowest BCUT2D eigenvalue weighted by atomic mass is 10.4. The van der Waals surface area contributed by atoms with Gasteiger partial charge in [-0.15, -0.1) is 6.58 Å². The first kappa shape index (κ1) is 9.53. The average molecular weight is 198 g/mol. The van der Waals surface area contributed by atoms with Gasteiger partial charge in [-0.2, -0.15) is 0 Å². The van der Waals surface area contributed by atoms with E-state index in [1.54, 1.807) is 6.08 Å². The average Bonchev–Trinajstić information content (AvgIpc) is 2.43. The van der Waals surface area contributed by atoms with E-state index in [1.165, 1.54) is 11.3 Å². The minimum absolute atomic E-state index is 0.122. The molecule has 0 aliphatic rings. The van der Waals surface area contributed by atoms with Gasteiger partial charge in [0.05, 0.1) is 0 Å². The number of hydrogen-bond donors (Lipinski definition) is 3. The van der Waals surface area contributed by atoms with Crippen LogP contribution in [0.3, 0.4) is 0 Å². The number of anilines is 2. The predicted molar refractivity (Wildman–Crippen MR) is 53.7 cm³/mol. The third-order valence-corrected chi connectivity index (χ3v) is 2.13. The van der Waals surface area contributed by atoms with Crippen LogP contribution >= 0.6 is 11.3 Å². The van der Waals surface area contributed by atoms with Gasteiger partial charge >= 0.3 is 0 Å². The maximum atomic E-state index is 10.7. The SMILES string of the molecule is C=CCNc1nc(C(N)=O)c(N)s1. The van der Waals surface area contributed by atoms with Crippen LogP contribution in [0.15, 0.2) is 12.7 Å². The number of aromatic nitrogens is 1. The highest BCUT2D eigenvalue weighted by atomic mass is 32.1. The molecule has 0 saturated carbocycles. The molecule has 0 saturated heterocycles. The third-order valence-electron chi connectivity index (χ3n) is 1.28. The maximum Gasteiger partial charge on any atom is 0.270 e. The molecule has 1 rings (SSSR count). The van der Waals surface area contributed by atoms with E-state index in [4.69, 9.17) is 11.5 Å². The van der Waals surface area contributed by atoms with Crippen LogP contribution in [0.4, 0.5) is 10.1 Å². The molecular weight excluding hydrogens is 188 g/mol. The van der Waals surface area contributed by atoms with Crippen molar-refractivity contribution in [2.75, 3.05) is 17.6 Å². The monoisotopic (exact) mass is 198 g/mol. The lowest BCUT2D eigenvalue weighted by Crippen LogP contribution is -2.13. The number of rotatable bonds is 4. The number of thiazole rings is 1. The first-order chi connectivity index (χ1) is 6.15. The molecule has 13 heavy (non-hydrogen) atoms. The van der Waals surface area contributed by atoms with Crippen molar-refractivity contribution >= 4 is 27.4 Å². The van der Waals surface area contributed by atoms with Gasteiger partial charge in [0.25, 0.3) is 5.91 Å². The molecule has 0 unspecified atom stereocenters. The van der Waals surface area contributed by atoms with Crippen LogP contribution in [0.2, 0.25) is 0 Å². The summed E-state index contributed by atoms with van der Waals surface area (Å²) < 4.78 is 0. The Hall–Kier alpha value is -1.56. The lowest BCUT2D eigenvalue weighted by Gasteiger charge is -1.93. The Morgan fingerprint density at radius 2 is 2.46 bits per heavy atom. The van der Waals surface area contributed by atoms with E-state index in [-0.39, 0.29) is 5.69 Å². The number of primary amides is 1. The second-order valence-electron chi connectivity index (χ2n) is 2.27. The molecule has 1 aromatic heterocycles. The van der Waals surface area contributed by atoms with E-state index in [2.05, 4.69) is 16.9 Å². The van der Waals surface area contributed by atoms with Gasteiger partial charge in [-0.1, -0.05) is 17.4 Å². The Labute approximate surface area is 79.5 Å². The highest BCUT2D eigenvalue weighted by molar-refractivity contribution is 7.19. The van der Waals surface area contributed by atoms with Crippen molar-refractivity contribution in [3.05, 3.63) is 18.3 Å². The van der Waals surface area contributed by atoms with Crippen molar-refractivity contribution in [2.45, 2.75) is 0 Å². The smallest absolute Gasteiger partial charge is 0.270 e. The van der Waals surface area contributed by atoms with Crippen LogP contribution in [-0.4, -0.2) is 17.4 Å². The van der Waals surface area contributed by atoms with E-state index in [0.717, 1.165) is 0 Å². The Morgan fingerprint density at radius 3 is 2.92 bits per heavy atom. The summed E-state index contributed by atoms with van der Waals surface area (Å²) in [5, 5.41) is 3.82. The number of nitrogen functional groups attached to an aromatic ring is 1. The Morgan fingerprint density at radius 1 is 1.77 bits per heavy atom. The zero-order chi connectivity index (χ0) is 9.84. The normalized spacial score (nSPS) is 9.54. The molecule has 0 aliphatic heterocycles. The summed E-state index contributed by atoms with van der Waals surface area (Å²) in [6, 6.07) is 0. The molecule has 0 bridgehead atoms. The van der Waals surface area contributed by atoms with Crippen molar-refractivity contribution in [2.24, 2.45) is 5.73 Å². The van der Waals surface area contributed by atoms with Crippen LogP contribution in [0.1, 0.15) is 10.5 Å². The molecule has 1 aromatic rings. The standard InChI is InChI=1S/C7H10N4OS/c1-2-3-10-7-11-4(5(8)12)6(9)13-7/h2H,1,3,9H2,(H2,8,12)(H,10,11). The van der Waals surface area contributed by atoms with E-state index >= 15 is 0 Å². The number of nitrogens with zero attached hydrogens (tertiary/aromatic N) is 1. The Bertz CT molecular complexity index is 333. The first-order valence-electron chi connectivity index (χ1n) is 3.56. The van der Waals surface area contributed by atoms with Crippen molar-refractivity contribution < 1.29 is 4.79 Å². The molecule has 1 heterocycles. The van der Waals surface area contributed by atoms with Crippen LogP contribution in [0.5, 0.6) is 0 Å². The predicted octanol–water partition coefficient (Wildman–Crippen LogP) is 0.422. The van der Waals surface area contributed by atoms with E-state index in [9.17, 15) is 4.79 Å². The molecule has 70 valence electrons. The fourth-order valence-electron chi connectivity index (χ4n) is 0.744. The summed E-state index contributed by atoms with van der Waals surface area (Å²) in [6.07, 6.45) is 1.68. The van der Waals surface area contributed by atoms with E-state index in [0.29, 0.717) is 16.7 Å². The molecule has 5 N–H and O–H groups in total. The van der Waals surface area contributed by atoms with Crippen LogP contribution in [0.25, 0.3) is 0 Å². The second kappa shape index (κ2) is 3.90. The number of carbonyl (C=O) groups excluding carboxylic acids is 1. The summed E-state index contributed by atoms with van der Waals surface area (Å²) in [7, 11) is 0. The molecule has 6 heteroatoms. The number of hydrogen-bond acceptors (Lipinski definition) is 5. The third kappa shape index (κ3) is 2.19. The fraction of sp³-hybridized carbons (Fsp3) is 0.143. The van der Waals surface area contributed by atoms with Gasteiger partial charge in [0.1, 0.15) is 5.00 Å². The van der Waals surface area contributed by atoms with Gasteiger partial charge < -0.3 is 16.8 Å². The Kier molecular flexibility index (Phi) is 2.86. The van der Waals surface area contributed by atoms with Crippen LogP contribution in [-0.2, 0) is 0 Å². The van der Waals surface area contributed by atoms with E-state index in [1.807, 2.05) is 0 Å². The fourth-order valence-corrected chi connectivity index (χ4v) is 1.49. The topological polar surface area (TPSA) is 94.0 Å². The maximum absolute atomic E-state index is 10.7. The van der Waals surface area contributed by atoms with Crippen LogP contribution < -0.4 is 16.8 Å². The van der Waals surface area contributed by atoms with E-state index < -0.39 is 5.91 Å². The molecule has 1 amide bonds. The molecule has 0 aliphatic carbocycles. The molecule has 0 fully saturated rings. The van der Waals surface area contributed by atoms with Gasteiger partial charge in [-0.25, -0.2) is 4.98 Å².